The minimum atomic E-state index is -0.724. The number of ether oxygens (including phenoxy) is 1. The summed E-state index contributed by atoms with van der Waals surface area (Å²) < 4.78 is 35.1. The summed E-state index contributed by atoms with van der Waals surface area (Å²) in [6.07, 6.45) is 14.7. The highest BCUT2D eigenvalue weighted by Gasteiger charge is 2.32. The monoisotopic (exact) mass is 585 g/mol. The lowest BCUT2D eigenvalue weighted by Crippen LogP contribution is -2.48. The molecule has 10 heteroatoms. The van der Waals surface area contributed by atoms with E-state index >= 15 is 0 Å². The summed E-state index contributed by atoms with van der Waals surface area (Å²) in [7, 11) is 1.90. The van der Waals surface area contributed by atoms with E-state index in [9.17, 15) is 13.6 Å². The zero-order chi connectivity index (χ0) is 29.4. The number of hydrogen-bond acceptors (Lipinski definition) is 7. The Morgan fingerprint density at radius 1 is 1.22 bits per heavy atom. The highest BCUT2D eigenvalue weighted by atomic mass is 32.2. The fourth-order valence-electron chi connectivity index (χ4n) is 5.20. The highest BCUT2D eigenvalue weighted by Crippen LogP contribution is 2.37. The van der Waals surface area contributed by atoms with Crippen molar-refractivity contribution in [3.63, 3.8) is 0 Å². The number of nitrogens with zero attached hydrogens (tertiary/aromatic N) is 2. The molecule has 4 rings (SSSR count). The summed E-state index contributed by atoms with van der Waals surface area (Å²) in [4.78, 5) is 18.2. The third-order valence-corrected chi connectivity index (χ3v) is 8.79. The number of hydrogen-bond donors (Lipinski definition) is 3. The Morgan fingerprint density at radius 2 is 1.93 bits per heavy atom. The van der Waals surface area contributed by atoms with Crippen LogP contribution in [0.2, 0.25) is 0 Å². The molecule has 3 atom stereocenters. The first kappa shape index (κ1) is 30.9. The van der Waals surface area contributed by atoms with Crippen molar-refractivity contribution in [1.82, 2.24) is 15.6 Å². The number of halogens is 2. The van der Waals surface area contributed by atoms with E-state index in [0.717, 1.165) is 50.4 Å². The molecular formula is C31H41F2N5O2S. The maximum absolute atomic E-state index is 13.7. The molecule has 2 aromatic rings. The van der Waals surface area contributed by atoms with Crippen molar-refractivity contribution in [1.29, 1.82) is 0 Å². The molecule has 0 unspecified atom stereocenters. The Kier molecular flexibility index (Phi) is 10.7. The largest absolute Gasteiger partial charge is 0.491 e. The highest BCUT2D eigenvalue weighted by molar-refractivity contribution is 7.99. The quantitative estimate of drug-likeness (QED) is 0.196. The number of benzene rings is 1. The van der Waals surface area contributed by atoms with E-state index in [1.54, 1.807) is 12.1 Å². The zero-order valence-corrected chi connectivity index (χ0v) is 25.0. The van der Waals surface area contributed by atoms with Crippen molar-refractivity contribution in [2.45, 2.75) is 63.5 Å². The molecule has 2 aliphatic carbocycles. The maximum atomic E-state index is 13.7. The molecular weight excluding hydrogens is 544 g/mol. The van der Waals surface area contributed by atoms with Gasteiger partial charge in [0.2, 0.25) is 0 Å². The zero-order valence-electron chi connectivity index (χ0n) is 24.1. The van der Waals surface area contributed by atoms with Gasteiger partial charge in [-0.25, -0.2) is 13.8 Å². The van der Waals surface area contributed by atoms with Gasteiger partial charge in [0.05, 0.1) is 11.6 Å². The maximum Gasteiger partial charge on any atom is 0.251 e. The van der Waals surface area contributed by atoms with Crippen LogP contribution in [-0.2, 0) is 0 Å². The lowest BCUT2D eigenvalue weighted by Gasteiger charge is -2.34. The number of rotatable bonds is 14. The van der Waals surface area contributed by atoms with Gasteiger partial charge in [-0.05, 0) is 56.2 Å². The van der Waals surface area contributed by atoms with Crippen LogP contribution in [-0.4, -0.2) is 55.5 Å². The van der Waals surface area contributed by atoms with E-state index in [-0.39, 0.29) is 23.8 Å². The lowest BCUT2D eigenvalue weighted by molar-refractivity contribution is 0.0917. The van der Waals surface area contributed by atoms with Gasteiger partial charge in [0.25, 0.3) is 5.91 Å². The van der Waals surface area contributed by atoms with Crippen LogP contribution < -0.4 is 25.0 Å². The Bertz CT molecular complexity index is 1210. The van der Waals surface area contributed by atoms with E-state index in [2.05, 4.69) is 28.8 Å². The number of carbonyl (C=O) groups is 1. The van der Waals surface area contributed by atoms with Crippen molar-refractivity contribution < 1.29 is 18.3 Å². The van der Waals surface area contributed by atoms with Gasteiger partial charge in [0.15, 0.2) is 0 Å². The van der Waals surface area contributed by atoms with E-state index in [1.807, 2.05) is 17.6 Å². The van der Waals surface area contributed by atoms with Crippen LogP contribution in [0.3, 0.4) is 0 Å². The molecule has 0 bridgehead atoms. The first-order valence-corrected chi connectivity index (χ1v) is 15.5. The van der Waals surface area contributed by atoms with Crippen molar-refractivity contribution in [3.8, 4) is 18.1 Å². The minimum absolute atomic E-state index is 0.0344. The summed E-state index contributed by atoms with van der Waals surface area (Å²) in [5, 5.41) is 9.99. The van der Waals surface area contributed by atoms with Crippen molar-refractivity contribution in [3.05, 3.63) is 47.5 Å². The van der Waals surface area contributed by atoms with Gasteiger partial charge in [-0.1, -0.05) is 44.1 Å². The fraction of sp³-hybridized carbons (Fsp3) is 0.548. The average Bonchev–Trinajstić information content (AvgIpc) is 3.68. The molecule has 41 heavy (non-hydrogen) atoms. The molecule has 0 spiro atoms. The molecule has 1 heterocycles. The van der Waals surface area contributed by atoms with Crippen LogP contribution in [0.4, 0.5) is 20.4 Å². The molecule has 0 aliphatic heterocycles. The predicted octanol–water partition coefficient (Wildman–Crippen LogP) is 5.64. The molecule has 0 saturated heterocycles. The van der Waals surface area contributed by atoms with E-state index in [4.69, 9.17) is 16.1 Å². The number of amides is 1. The molecule has 3 N–H and O–H groups in total. The first-order chi connectivity index (χ1) is 19.7. The Hall–Kier alpha value is -3.03. The topological polar surface area (TPSA) is 78.5 Å². The Balaban J connectivity index is 1.47. The summed E-state index contributed by atoms with van der Waals surface area (Å²) >= 11 is 1.50. The van der Waals surface area contributed by atoms with E-state index in [0.29, 0.717) is 42.0 Å². The molecule has 1 aromatic carbocycles. The van der Waals surface area contributed by atoms with Crippen LogP contribution in [0.1, 0.15) is 62.2 Å². The third-order valence-electron chi connectivity index (χ3n) is 8.05. The SMILES string of the molecule is C#CC1(NCC[C@H](COc2cc(F)cc(F)c2)NC(=O)c2cc(NC[C@H]3C[C@@H]3C)nc(N(C)SC)c2)CCCCC1. The van der Waals surface area contributed by atoms with Crippen LogP contribution in [0, 0.1) is 35.8 Å². The molecule has 1 aromatic heterocycles. The summed E-state index contributed by atoms with van der Waals surface area (Å²) in [6, 6.07) is 6.11. The average molecular weight is 586 g/mol. The van der Waals surface area contributed by atoms with Crippen LogP contribution >= 0.6 is 11.9 Å². The second kappa shape index (κ2) is 14.2. The third kappa shape index (κ3) is 8.98. The molecule has 1 amide bonds. The van der Waals surface area contributed by atoms with Gasteiger partial charge in [-0.15, -0.1) is 6.42 Å². The Labute approximate surface area is 246 Å². The van der Waals surface area contributed by atoms with Crippen LogP contribution in [0.15, 0.2) is 30.3 Å². The molecule has 0 radical (unpaired) electrons. The Morgan fingerprint density at radius 3 is 2.56 bits per heavy atom. The van der Waals surface area contributed by atoms with Gasteiger partial charge in [-0.2, -0.15) is 0 Å². The van der Waals surface area contributed by atoms with Gasteiger partial charge in [-0.3, -0.25) is 4.79 Å². The van der Waals surface area contributed by atoms with Gasteiger partial charge in [0.1, 0.15) is 35.6 Å². The number of anilines is 2. The smallest absolute Gasteiger partial charge is 0.251 e. The molecule has 222 valence electrons. The second-order valence-corrected chi connectivity index (χ2v) is 12.1. The molecule has 7 nitrogen and oxygen atoms in total. The predicted molar refractivity (Wildman–Crippen MR) is 162 cm³/mol. The van der Waals surface area contributed by atoms with Crippen LogP contribution in [0.5, 0.6) is 5.75 Å². The van der Waals surface area contributed by atoms with Crippen LogP contribution in [0.25, 0.3) is 0 Å². The number of nitrogens with one attached hydrogen (secondary N) is 3. The summed E-state index contributed by atoms with van der Waals surface area (Å²) in [6.45, 7) is 3.63. The van der Waals surface area contributed by atoms with E-state index in [1.165, 1.54) is 24.8 Å². The van der Waals surface area contributed by atoms with Gasteiger partial charge < -0.3 is 25.0 Å². The standard InChI is InChI=1S/C31H41F2N5O2S/c1-5-31(10-7-6-8-11-31)35-12-9-26(20-40-27-17-24(32)16-25(33)18-27)36-30(39)22-14-28(34-19-23-13-21(23)2)37-29(15-22)38(3)41-4/h1,14-18,21,23,26,35H,6-13,19-20H2,2-4H3,(H,34,37)(H,36,39)/t21-,23+,26+/m0/s1. The first-order valence-electron chi connectivity index (χ1n) is 14.4. The molecule has 2 saturated carbocycles. The lowest BCUT2D eigenvalue weighted by atomic mass is 9.82. The normalized spacial score (nSPS) is 20.0. The number of pyridine rings is 1. The second-order valence-electron chi connectivity index (χ2n) is 11.2. The van der Waals surface area contributed by atoms with Crippen molar-refractivity contribution >= 4 is 29.5 Å². The van der Waals surface area contributed by atoms with E-state index < -0.39 is 17.7 Å². The van der Waals surface area contributed by atoms with Gasteiger partial charge in [0, 0.05) is 43.6 Å². The summed E-state index contributed by atoms with van der Waals surface area (Å²) in [5.74, 6) is 3.91. The fourth-order valence-corrected chi connectivity index (χ4v) is 5.48. The minimum Gasteiger partial charge on any atom is -0.491 e. The number of terminal acetylenes is 1. The van der Waals surface area contributed by atoms with Crippen molar-refractivity contribution in [2.75, 3.05) is 42.6 Å². The van der Waals surface area contributed by atoms with Crippen molar-refractivity contribution in [2.24, 2.45) is 11.8 Å². The number of aromatic nitrogens is 1. The molecule has 2 aliphatic rings. The molecule has 2 fully saturated rings. The van der Waals surface area contributed by atoms with Gasteiger partial charge >= 0.3 is 0 Å². The summed E-state index contributed by atoms with van der Waals surface area (Å²) in [5.41, 5.74) is 0.117. The number of carbonyl (C=O) groups excluding carboxylic acids is 1.